The summed E-state index contributed by atoms with van der Waals surface area (Å²) < 4.78 is 0. The molecule has 6 aliphatic rings. The molecule has 6 aliphatic carbocycles. The lowest BCUT2D eigenvalue weighted by Crippen LogP contribution is -2.52. The highest BCUT2D eigenvalue weighted by atomic mass is 16.3. The summed E-state index contributed by atoms with van der Waals surface area (Å²) in [4.78, 5) is 0. The lowest BCUT2D eigenvalue weighted by molar-refractivity contribution is -0.0739. The second kappa shape index (κ2) is 2.06. The minimum absolute atomic E-state index is 0.00405. The first-order chi connectivity index (χ1) is 7.83. The Kier molecular flexibility index (Phi) is 1.09. The van der Waals surface area contributed by atoms with Gasteiger partial charge in [0, 0.05) is 10.8 Å². The normalized spacial score (nSPS) is 70.4. The van der Waals surface area contributed by atoms with Gasteiger partial charge in [0.15, 0.2) is 0 Å². The second-order valence-electron chi connectivity index (χ2n) is 6.42. The monoisotopic (exact) mass is 216 g/mol. The van der Waals surface area contributed by atoms with Crippen LogP contribution in [0, 0.1) is 46.3 Å². The highest BCUT2D eigenvalue weighted by Gasteiger charge is 2.88. The molecule has 0 aromatic rings. The summed E-state index contributed by atoms with van der Waals surface area (Å²) in [6, 6.07) is 0. The molecule has 4 fully saturated rings. The van der Waals surface area contributed by atoms with Gasteiger partial charge in [0.05, 0.1) is 13.2 Å². The molecule has 6 rings (SSSR count). The SMILES string of the molecule is OCC12C3C=CC4C3C3C1C=CC3C42CO. The lowest BCUT2D eigenvalue weighted by atomic mass is 9.54. The predicted molar refractivity (Wildman–Crippen MR) is 58.3 cm³/mol. The van der Waals surface area contributed by atoms with Crippen LogP contribution in [0.2, 0.25) is 0 Å². The number of rotatable bonds is 2. The van der Waals surface area contributed by atoms with E-state index in [1.165, 1.54) is 0 Å². The van der Waals surface area contributed by atoms with Crippen LogP contribution in [-0.4, -0.2) is 23.4 Å². The number of allylic oxidation sites excluding steroid dienone is 4. The zero-order chi connectivity index (χ0) is 10.7. The minimum Gasteiger partial charge on any atom is -0.396 e. The average molecular weight is 216 g/mol. The van der Waals surface area contributed by atoms with E-state index in [0.29, 0.717) is 23.7 Å². The molecule has 0 spiro atoms. The predicted octanol–water partition coefficient (Wildman–Crippen LogP) is 0.821. The molecule has 2 heteroatoms. The standard InChI is InChI=1S/C14H16O2/c15-5-13-7-1-2-8-11(7)12-9(13)3-4-10(12)14(8,13)6-16/h1-4,7-12,15-16H,5-6H2. The van der Waals surface area contributed by atoms with Crippen LogP contribution in [0.25, 0.3) is 0 Å². The molecule has 0 radical (unpaired) electrons. The third kappa shape index (κ3) is 0.440. The molecule has 0 aromatic heterocycles. The van der Waals surface area contributed by atoms with E-state index in [-0.39, 0.29) is 24.0 Å². The van der Waals surface area contributed by atoms with Crippen LogP contribution in [0.3, 0.4) is 0 Å². The van der Waals surface area contributed by atoms with Gasteiger partial charge in [0.25, 0.3) is 0 Å². The molecule has 0 aromatic carbocycles. The Morgan fingerprint density at radius 2 is 1.00 bits per heavy atom. The van der Waals surface area contributed by atoms with E-state index in [2.05, 4.69) is 24.3 Å². The smallest absolute Gasteiger partial charge is 0.0505 e. The Labute approximate surface area is 94.7 Å². The summed E-state index contributed by atoms with van der Waals surface area (Å²) >= 11 is 0. The van der Waals surface area contributed by atoms with Crippen molar-refractivity contribution in [3.8, 4) is 0 Å². The Morgan fingerprint density at radius 1 is 0.688 bits per heavy atom. The fourth-order valence-corrected chi connectivity index (χ4v) is 6.86. The largest absolute Gasteiger partial charge is 0.396 e. The molecular weight excluding hydrogens is 200 g/mol. The zero-order valence-electron chi connectivity index (χ0n) is 9.08. The first-order valence-corrected chi connectivity index (χ1v) is 6.41. The van der Waals surface area contributed by atoms with Gasteiger partial charge >= 0.3 is 0 Å². The van der Waals surface area contributed by atoms with Gasteiger partial charge in [0.2, 0.25) is 0 Å². The van der Waals surface area contributed by atoms with Gasteiger partial charge in [-0.2, -0.15) is 0 Å². The van der Waals surface area contributed by atoms with Crippen molar-refractivity contribution in [2.75, 3.05) is 13.2 Å². The van der Waals surface area contributed by atoms with Crippen LogP contribution in [-0.2, 0) is 0 Å². The Morgan fingerprint density at radius 3 is 1.25 bits per heavy atom. The molecular formula is C14H16O2. The fourth-order valence-electron chi connectivity index (χ4n) is 6.86. The number of aliphatic hydroxyl groups excluding tert-OH is 2. The first kappa shape index (κ1) is 8.48. The molecule has 4 unspecified atom stereocenters. The molecule has 2 N–H and O–H groups in total. The molecule has 0 aliphatic heterocycles. The van der Waals surface area contributed by atoms with E-state index in [4.69, 9.17) is 0 Å². The molecule has 0 amide bonds. The maximum atomic E-state index is 10.0. The van der Waals surface area contributed by atoms with E-state index >= 15 is 0 Å². The van der Waals surface area contributed by atoms with E-state index in [9.17, 15) is 10.2 Å². The maximum Gasteiger partial charge on any atom is 0.0505 e. The van der Waals surface area contributed by atoms with Crippen molar-refractivity contribution < 1.29 is 10.2 Å². The summed E-state index contributed by atoms with van der Waals surface area (Å²) in [6.45, 7) is 0.523. The van der Waals surface area contributed by atoms with Crippen molar-refractivity contribution in [1.29, 1.82) is 0 Å². The fraction of sp³-hybridized carbons (Fsp3) is 0.714. The van der Waals surface area contributed by atoms with Crippen molar-refractivity contribution in [3.63, 3.8) is 0 Å². The van der Waals surface area contributed by atoms with Crippen molar-refractivity contribution in [2.45, 2.75) is 0 Å². The minimum atomic E-state index is -0.00405. The van der Waals surface area contributed by atoms with Gasteiger partial charge < -0.3 is 10.2 Å². The summed E-state index contributed by atoms with van der Waals surface area (Å²) in [5.74, 6) is 3.64. The van der Waals surface area contributed by atoms with E-state index < -0.39 is 0 Å². The second-order valence-corrected chi connectivity index (χ2v) is 6.42. The van der Waals surface area contributed by atoms with Crippen LogP contribution < -0.4 is 0 Å². The average Bonchev–Trinajstić information content (AvgIpc) is 3.06. The number of aliphatic hydroxyl groups is 2. The topological polar surface area (TPSA) is 40.5 Å². The summed E-state index contributed by atoms with van der Waals surface area (Å²) in [7, 11) is 0. The van der Waals surface area contributed by atoms with E-state index in [1.807, 2.05) is 0 Å². The molecule has 0 saturated heterocycles. The molecule has 4 atom stereocenters. The van der Waals surface area contributed by atoms with Gasteiger partial charge in [-0.1, -0.05) is 24.3 Å². The summed E-state index contributed by atoms with van der Waals surface area (Å²) in [6.07, 6.45) is 9.34. The van der Waals surface area contributed by atoms with Gasteiger partial charge in [-0.15, -0.1) is 0 Å². The quantitative estimate of drug-likeness (QED) is 0.671. The number of hydrogen-bond donors (Lipinski definition) is 2. The highest BCUT2D eigenvalue weighted by Crippen LogP contribution is 2.89. The van der Waals surface area contributed by atoms with Crippen molar-refractivity contribution >= 4 is 0 Å². The molecule has 16 heavy (non-hydrogen) atoms. The Balaban J connectivity index is 1.88. The van der Waals surface area contributed by atoms with Crippen LogP contribution >= 0.6 is 0 Å². The van der Waals surface area contributed by atoms with Crippen LogP contribution in [0.1, 0.15) is 0 Å². The summed E-state index contributed by atoms with van der Waals surface area (Å²) in [5.41, 5.74) is -0.00810. The number of hydrogen-bond acceptors (Lipinski definition) is 2. The third-order valence-corrected chi connectivity index (χ3v) is 6.92. The lowest BCUT2D eigenvalue weighted by Gasteiger charge is -2.51. The van der Waals surface area contributed by atoms with Gasteiger partial charge in [-0.3, -0.25) is 0 Å². The first-order valence-electron chi connectivity index (χ1n) is 6.41. The maximum absolute atomic E-state index is 10.0. The molecule has 2 nitrogen and oxygen atoms in total. The van der Waals surface area contributed by atoms with E-state index in [1.54, 1.807) is 0 Å². The van der Waals surface area contributed by atoms with Gasteiger partial charge in [-0.05, 0) is 35.5 Å². The molecule has 0 heterocycles. The molecule has 4 saturated carbocycles. The molecule has 8 bridgehead atoms. The molecule has 84 valence electrons. The van der Waals surface area contributed by atoms with Crippen LogP contribution in [0.4, 0.5) is 0 Å². The van der Waals surface area contributed by atoms with Gasteiger partial charge in [0.1, 0.15) is 0 Å². The van der Waals surface area contributed by atoms with Gasteiger partial charge in [-0.25, -0.2) is 0 Å². The zero-order valence-corrected chi connectivity index (χ0v) is 9.08. The summed E-state index contributed by atoms with van der Waals surface area (Å²) in [5, 5.41) is 20.0. The van der Waals surface area contributed by atoms with Crippen molar-refractivity contribution in [2.24, 2.45) is 46.3 Å². The van der Waals surface area contributed by atoms with E-state index in [0.717, 1.165) is 11.8 Å². The van der Waals surface area contributed by atoms with Crippen LogP contribution in [0.15, 0.2) is 24.3 Å². The Bertz CT molecular complexity index is 380. The van der Waals surface area contributed by atoms with Crippen LogP contribution in [0.5, 0.6) is 0 Å². The third-order valence-electron chi connectivity index (χ3n) is 6.92. The van der Waals surface area contributed by atoms with Crippen molar-refractivity contribution in [3.05, 3.63) is 24.3 Å². The Hall–Kier alpha value is -0.600. The highest BCUT2D eigenvalue weighted by molar-refractivity contribution is 5.47. The van der Waals surface area contributed by atoms with Crippen molar-refractivity contribution in [1.82, 2.24) is 0 Å².